The predicted molar refractivity (Wildman–Crippen MR) is 87.1 cm³/mol. The number of methoxy groups -OCH3 is 2. The Balaban J connectivity index is 2.84. The van der Waals surface area contributed by atoms with Crippen molar-refractivity contribution in [2.24, 2.45) is 0 Å². The average molecular weight is 344 g/mol. The van der Waals surface area contributed by atoms with Gasteiger partial charge in [0, 0.05) is 39.5 Å². The highest BCUT2D eigenvalue weighted by Gasteiger charge is 2.17. The summed E-state index contributed by atoms with van der Waals surface area (Å²) in [4.78, 5) is 12.2. The van der Waals surface area contributed by atoms with Crippen LogP contribution >= 0.6 is 0 Å². The molecule has 1 amide bonds. The van der Waals surface area contributed by atoms with Gasteiger partial charge >= 0.3 is 0 Å². The van der Waals surface area contributed by atoms with Crippen molar-refractivity contribution in [2.45, 2.75) is 18.2 Å². The topological polar surface area (TPSA) is 93.7 Å². The minimum absolute atomic E-state index is 0.0567. The molecule has 0 saturated carbocycles. The maximum atomic E-state index is 12.2. The van der Waals surface area contributed by atoms with Crippen LogP contribution in [0.25, 0.3) is 0 Å². The highest BCUT2D eigenvalue weighted by Crippen LogP contribution is 2.15. The van der Waals surface area contributed by atoms with Crippen molar-refractivity contribution in [2.75, 3.05) is 40.5 Å². The van der Waals surface area contributed by atoms with Crippen LogP contribution in [0.1, 0.15) is 22.3 Å². The Morgan fingerprint density at radius 1 is 1.13 bits per heavy atom. The summed E-state index contributed by atoms with van der Waals surface area (Å²) >= 11 is 0. The van der Waals surface area contributed by atoms with Gasteiger partial charge < -0.3 is 14.8 Å². The highest BCUT2D eigenvalue weighted by atomic mass is 32.2. The molecule has 0 aromatic heterocycles. The zero-order chi connectivity index (χ0) is 17.3. The van der Waals surface area contributed by atoms with Crippen LogP contribution in [0.15, 0.2) is 23.1 Å². The summed E-state index contributed by atoms with van der Waals surface area (Å²) in [6.45, 7) is 3.23. The standard InChI is InChI=1S/C15H24N2O5S/c1-12-5-6-13(23(19,20)17-8-10-22-3)11-14(12)15(18)16-7-4-9-21-2/h5-6,11,17H,4,7-10H2,1-3H3,(H,16,18). The summed E-state index contributed by atoms with van der Waals surface area (Å²) in [7, 11) is -0.578. The van der Waals surface area contributed by atoms with Crippen LogP contribution in [0, 0.1) is 6.92 Å². The number of nitrogens with one attached hydrogen (secondary N) is 2. The summed E-state index contributed by atoms with van der Waals surface area (Å²) in [5.41, 5.74) is 1.06. The molecule has 2 N–H and O–H groups in total. The lowest BCUT2D eigenvalue weighted by Crippen LogP contribution is -2.29. The normalized spacial score (nSPS) is 11.4. The molecule has 0 atom stereocenters. The number of carbonyl (C=O) groups is 1. The fourth-order valence-electron chi connectivity index (χ4n) is 1.89. The third-order valence-electron chi connectivity index (χ3n) is 3.17. The Hall–Kier alpha value is -1.48. The zero-order valence-corrected chi connectivity index (χ0v) is 14.5. The first-order valence-electron chi connectivity index (χ1n) is 7.28. The number of sulfonamides is 1. The summed E-state index contributed by atoms with van der Waals surface area (Å²) in [5.74, 6) is -0.299. The van der Waals surface area contributed by atoms with Gasteiger partial charge in [0.05, 0.1) is 11.5 Å². The van der Waals surface area contributed by atoms with Gasteiger partial charge in [-0.15, -0.1) is 0 Å². The molecule has 1 aromatic rings. The van der Waals surface area contributed by atoms with Crippen molar-refractivity contribution in [3.8, 4) is 0 Å². The van der Waals surface area contributed by atoms with Crippen molar-refractivity contribution >= 4 is 15.9 Å². The van der Waals surface area contributed by atoms with Gasteiger partial charge in [0.1, 0.15) is 0 Å². The number of carbonyl (C=O) groups excluding carboxylic acids is 1. The molecule has 0 fully saturated rings. The Bertz CT molecular complexity index is 616. The average Bonchev–Trinajstić information content (AvgIpc) is 2.51. The van der Waals surface area contributed by atoms with Gasteiger partial charge in [0.25, 0.3) is 5.91 Å². The smallest absolute Gasteiger partial charge is 0.251 e. The van der Waals surface area contributed by atoms with Crippen molar-refractivity contribution < 1.29 is 22.7 Å². The van der Waals surface area contributed by atoms with E-state index >= 15 is 0 Å². The number of benzene rings is 1. The van der Waals surface area contributed by atoms with Crippen molar-refractivity contribution in [1.82, 2.24) is 10.0 Å². The molecule has 0 aliphatic rings. The molecule has 7 nitrogen and oxygen atoms in total. The van der Waals surface area contributed by atoms with Crippen LogP contribution in [-0.4, -0.2) is 54.8 Å². The van der Waals surface area contributed by atoms with E-state index in [0.717, 1.165) is 0 Å². The molecular formula is C15H24N2O5S. The third kappa shape index (κ3) is 6.26. The van der Waals surface area contributed by atoms with E-state index in [1.807, 2.05) is 0 Å². The van der Waals surface area contributed by atoms with Crippen LogP contribution < -0.4 is 10.0 Å². The second-order valence-electron chi connectivity index (χ2n) is 4.97. The van der Waals surface area contributed by atoms with Gasteiger partial charge in [-0.1, -0.05) is 6.07 Å². The van der Waals surface area contributed by atoms with Crippen molar-refractivity contribution in [1.29, 1.82) is 0 Å². The molecular weight excluding hydrogens is 320 g/mol. The first-order valence-corrected chi connectivity index (χ1v) is 8.77. The molecule has 23 heavy (non-hydrogen) atoms. The fourth-order valence-corrected chi connectivity index (χ4v) is 2.93. The lowest BCUT2D eigenvalue weighted by atomic mass is 10.1. The van der Waals surface area contributed by atoms with E-state index in [2.05, 4.69) is 10.0 Å². The first-order chi connectivity index (χ1) is 10.9. The molecule has 8 heteroatoms. The van der Waals surface area contributed by atoms with Gasteiger partial charge in [0.15, 0.2) is 0 Å². The van der Waals surface area contributed by atoms with E-state index in [4.69, 9.17) is 9.47 Å². The van der Waals surface area contributed by atoms with E-state index in [1.165, 1.54) is 19.2 Å². The summed E-state index contributed by atoms with van der Waals surface area (Å²) in [6.07, 6.45) is 0.692. The van der Waals surface area contributed by atoms with E-state index < -0.39 is 10.0 Å². The summed E-state index contributed by atoms with van der Waals surface area (Å²) < 4.78 is 36.5. The monoisotopic (exact) mass is 344 g/mol. The van der Waals surface area contributed by atoms with Gasteiger partial charge in [0.2, 0.25) is 10.0 Å². The van der Waals surface area contributed by atoms with E-state index in [9.17, 15) is 13.2 Å². The quantitative estimate of drug-likeness (QED) is 0.609. The molecule has 0 aliphatic heterocycles. The minimum atomic E-state index is -3.66. The molecule has 1 rings (SSSR count). The molecule has 0 bridgehead atoms. The second kappa shape index (κ2) is 9.61. The van der Waals surface area contributed by atoms with Gasteiger partial charge in [-0.2, -0.15) is 0 Å². The van der Waals surface area contributed by atoms with Crippen LogP contribution in [0.4, 0.5) is 0 Å². The predicted octanol–water partition coefficient (Wildman–Crippen LogP) is 0.686. The van der Waals surface area contributed by atoms with E-state index in [-0.39, 0.29) is 24.0 Å². The minimum Gasteiger partial charge on any atom is -0.385 e. The summed E-state index contributed by atoms with van der Waals surface area (Å²) in [6, 6.07) is 4.48. The lowest BCUT2D eigenvalue weighted by Gasteiger charge is -2.11. The van der Waals surface area contributed by atoms with Crippen molar-refractivity contribution in [3.05, 3.63) is 29.3 Å². The number of amides is 1. The van der Waals surface area contributed by atoms with Gasteiger partial charge in [-0.25, -0.2) is 13.1 Å². The van der Waals surface area contributed by atoms with Crippen LogP contribution in [0.3, 0.4) is 0 Å². The largest absolute Gasteiger partial charge is 0.385 e. The SMILES string of the molecule is COCCCNC(=O)c1cc(S(=O)(=O)NCCOC)ccc1C. The van der Waals surface area contributed by atoms with Crippen LogP contribution in [0.2, 0.25) is 0 Å². The molecule has 0 heterocycles. The first kappa shape index (κ1) is 19.6. The van der Waals surface area contributed by atoms with Gasteiger partial charge in [-0.05, 0) is 31.0 Å². The molecule has 1 aromatic carbocycles. The molecule has 0 radical (unpaired) electrons. The Kier molecular flexibility index (Phi) is 8.18. The van der Waals surface area contributed by atoms with Crippen molar-refractivity contribution in [3.63, 3.8) is 0 Å². The number of ether oxygens (including phenoxy) is 2. The highest BCUT2D eigenvalue weighted by molar-refractivity contribution is 7.89. The third-order valence-corrected chi connectivity index (χ3v) is 4.63. The molecule has 130 valence electrons. The van der Waals surface area contributed by atoms with Crippen LogP contribution in [-0.2, 0) is 19.5 Å². The maximum absolute atomic E-state index is 12.2. The zero-order valence-electron chi connectivity index (χ0n) is 13.7. The second-order valence-corrected chi connectivity index (χ2v) is 6.74. The number of hydrogen-bond donors (Lipinski definition) is 2. The molecule has 0 spiro atoms. The lowest BCUT2D eigenvalue weighted by molar-refractivity contribution is 0.0948. The van der Waals surface area contributed by atoms with Crippen LogP contribution in [0.5, 0.6) is 0 Å². The maximum Gasteiger partial charge on any atom is 0.251 e. The van der Waals surface area contributed by atoms with E-state index in [1.54, 1.807) is 20.1 Å². The number of aryl methyl sites for hydroxylation is 1. The fraction of sp³-hybridized carbons (Fsp3) is 0.533. The Labute approximate surface area is 137 Å². The van der Waals surface area contributed by atoms with E-state index in [0.29, 0.717) is 30.7 Å². The number of rotatable bonds is 10. The number of hydrogen-bond acceptors (Lipinski definition) is 5. The summed E-state index contributed by atoms with van der Waals surface area (Å²) in [5, 5.41) is 2.75. The molecule has 0 saturated heterocycles. The molecule has 0 unspecified atom stereocenters. The van der Waals surface area contributed by atoms with Gasteiger partial charge in [-0.3, -0.25) is 4.79 Å². The Morgan fingerprint density at radius 2 is 1.83 bits per heavy atom. The Morgan fingerprint density at radius 3 is 2.48 bits per heavy atom. The molecule has 0 aliphatic carbocycles.